The quantitative estimate of drug-likeness (QED) is 0.493. The Morgan fingerprint density at radius 3 is 2.06 bits per heavy atom. The molecule has 9 heteroatoms. The molecule has 0 aromatic rings. The molecule has 5 nitrogen and oxygen atoms in total. The zero-order chi connectivity index (χ0) is 14.4. The smallest absolute Gasteiger partial charge is 0.402 e. The molecule has 3 N–H and O–H groups in total. The summed E-state index contributed by atoms with van der Waals surface area (Å²) in [5, 5.41) is 7.19. The van der Waals surface area contributed by atoms with Crippen LogP contribution in [0.1, 0.15) is 20.8 Å². The zero-order valence-corrected chi connectivity index (χ0v) is 14.3. The lowest BCUT2D eigenvalue weighted by Gasteiger charge is -2.19. The highest BCUT2D eigenvalue weighted by Crippen LogP contribution is 2.60. The van der Waals surface area contributed by atoms with Crippen molar-refractivity contribution in [2.45, 2.75) is 20.8 Å². The first-order chi connectivity index (χ1) is 8.41. The zero-order valence-electron chi connectivity index (χ0n) is 11.0. The first-order valence-corrected chi connectivity index (χ1v) is 10.9. The van der Waals surface area contributed by atoms with Gasteiger partial charge in [-0.15, -0.1) is 0 Å². The second-order valence-electron chi connectivity index (χ2n) is 2.65. The number of rotatable bonds is 9. The molecule has 0 atom stereocenters. The lowest BCUT2D eigenvalue weighted by atomic mass is 10.9. The number of hydrogen-bond donors (Lipinski definition) is 2. The van der Waals surface area contributed by atoms with Crippen LogP contribution in [0.3, 0.4) is 0 Å². The molecule has 0 aliphatic rings. The highest BCUT2D eigenvalue weighted by molar-refractivity contribution is 8.68. The van der Waals surface area contributed by atoms with Crippen molar-refractivity contribution < 1.29 is 18.9 Å². The summed E-state index contributed by atoms with van der Waals surface area (Å²) in [5.74, 6) is 3.31. The summed E-state index contributed by atoms with van der Waals surface area (Å²) in [6, 6.07) is 0. The number of thioether (sulfide) groups is 1. The van der Waals surface area contributed by atoms with Crippen LogP contribution in [0.2, 0.25) is 0 Å². The Morgan fingerprint density at radius 2 is 1.72 bits per heavy atom. The number of nitrogens with two attached hydrogens (primary N) is 1. The van der Waals surface area contributed by atoms with Crippen LogP contribution in [0.15, 0.2) is 0 Å². The Morgan fingerprint density at radius 1 is 1.28 bits per heavy atom. The fourth-order valence-corrected chi connectivity index (χ4v) is 6.64. The van der Waals surface area contributed by atoms with E-state index in [0.717, 1.165) is 17.3 Å². The fourth-order valence-electron chi connectivity index (χ4n) is 0.780. The summed E-state index contributed by atoms with van der Waals surface area (Å²) in [6.45, 7) is 7.37. The molecular formula is C9H22NO4PS3. The minimum Gasteiger partial charge on any atom is -0.465 e. The third kappa shape index (κ3) is 16.5. The Labute approximate surface area is 122 Å². The monoisotopic (exact) mass is 335 g/mol. The average molecular weight is 335 g/mol. The first-order valence-electron chi connectivity index (χ1n) is 5.51. The predicted molar refractivity (Wildman–Crippen MR) is 85.2 cm³/mol. The summed E-state index contributed by atoms with van der Waals surface area (Å²) in [6.07, 6.45) is -1.33. The molecule has 0 unspecified atom stereocenters. The molecular weight excluding hydrogens is 313 g/mol. The molecule has 0 heterocycles. The van der Waals surface area contributed by atoms with Crippen LogP contribution < -0.4 is 5.73 Å². The molecule has 18 heavy (non-hydrogen) atoms. The van der Waals surface area contributed by atoms with Crippen LogP contribution in [0.5, 0.6) is 0 Å². The van der Waals surface area contributed by atoms with Crippen molar-refractivity contribution in [3.63, 3.8) is 0 Å². The SMILES string of the molecule is CCOP(=S)(OCC)SCCSCC.NC(=O)O. The lowest BCUT2D eigenvalue weighted by Crippen LogP contribution is -2.03. The van der Waals surface area contributed by atoms with E-state index in [1.807, 2.05) is 25.6 Å². The minimum atomic E-state index is -2.02. The molecule has 0 aromatic carbocycles. The summed E-state index contributed by atoms with van der Waals surface area (Å²) < 4.78 is 11.0. The second kappa shape index (κ2) is 14.0. The summed E-state index contributed by atoms with van der Waals surface area (Å²) >= 11 is 8.97. The third-order valence-corrected chi connectivity index (χ3v) is 7.98. The van der Waals surface area contributed by atoms with Gasteiger partial charge in [-0.05, 0) is 31.4 Å². The van der Waals surface area contributed by atoms with Crippen molar-refractivity contribution in [2.75, 3.05) is 30.5 Å². The van der Waals surface area contributed by atoms with Crippen molar-refractivity contribution >= 4 is 46.7 Å². The van der Waals surface area contributed by atoms with Gasteiger partial charge in [-0.3, -0.25) is 0 Å². The van der Waals surface area contributed by atoms with Gasteiger partial charge in [0.1, 0.15) is 0 Å². The maximum absolute atomic E-state index is 8.78. The molecule has 0 aliphatic heterocycles. The highest BCUT2D eigenvalue weighted by Gasteiger charge is 2.17. The van der Waals surface area contributed by atoms with Crippen molar-refractivity contribution in [3.8, 4) is 0 Å². The van der Waals surface area contributed by atoms with Crippen molar-refractivity contribution in [1.82, 2.24) is 0 Å². The number of carboxylic acid groups (broad SMARTS) is 1. The van der Waals surface area contributed by atoms with Gasteiger partial charge < -0.3 is 19.9 Å². The normalized spacial score (nSPS) is 10.6. The van der Waals surface area contributed by atoms with Crippen LogP contribution in [-0.2, 0) is 20.9 Å². The number of hydrogen-bond acceptors (Lipinski definition) is 6. The van der Waals surface area contributed by atoms with Crippen LogP contribution in [0.25, 0.3) is 0 Å². The summed E-state index contributed by atoms with van der Waals surface area (Å²) in [5.41, 5.74) is 2.00. The van der Waals surface area contributed by atoms with E-state index in [1.165, 1.54) is 0 Å². The van der Waals surface area contributed by atoms with Gasteiger partial charge in [0.2, 0.25) is 5.69 Å². The van der Waals surface area contributed by atoms with E-state index in [2.05, 4.69) is 12.7 Å². The molecule has 0 spiro atoms. The van der Waals surface area contributed by atoms with Crippen LogP contribution in [0.4, 0.5) is 4.79 Å². The molecule has 0 rings (SSSR count). The molecule has 0 fully saturated rings. The van der Waals surface area contributed by atoms with Gasteiger partial charge in [0.15, 0.2) is 0 Å². The van der Waals surface area contributed by atoms with Gasteiger partial charge in [0, 0.05) is 11.5 Å². The second-order valence-corrected chi connectivity index (χ2v) is 10.5. The molecule has 0 aromatic heterocycles. The Bertz CT molecular complexity index is 242. The van der Waals surface area contributed by atoms with Gasteiger partial charge in [-0.1, -0.05) is 18.3 Å². The maximum Gasteiger partial charge on any atom is 0.402 e. The van der Waals surface area contributed by atoms with Crippen molar-refractivity contribution in [2.24, 2.45) is 5.73 Å². The van der Waals surface area contributed by atoms with Crippen LogP contribution in [-0.4, -0.2) is 41.7 Å². The molecule has 0 saturated carbocycles. The largest absolute Gasteiger partial charge is 0.465 e. The highest BCUT2D eigenvalue weighted by atomic mass is 32.9. The molecule has 0 bridgehead atoms. The van der Waals surface area contributed by atoms with E-state index in [4.69, 9.17) is 30.8 Å². The molecule has 0 saturated heterocycles. The van der Waals surface area contributed by atoms with E-state index < -0.39 is 11.8 Å². The van der Waals surface area contributed by atoms with E-state index in [1.54, 1.807) is 11.4 Å². The van der Waals surface area contributed by atoms with Gasteiger partial charge in [0.25, 0.3) is 0 Å². The Hall–Kier alpha value is 0.540. The molecule has 110 valence electrons. The summed E-state index contributed by atoms with van der Waals surface area (Å²) in [4.78, 5) is 8.78. The Balaban J connectivity index is 0. The van der Waals surface area contributed by atoms with Crippen molar-refractivity contribution in [1.29, 1.82) is 0 Å². The van der Waals surface area contributed by atoms with Gasteiger partial charge in [-0.25, -0.2) is 4.79 Å². The van der Waals surface area contributed by atoms with Crippen LogP contribution >= 0.6 is 28.8 Å². The molecule has 1 amide bonds. The minimum absolute atomic E-state index is 0.644. The van der Waals surface area contributed by atoms with Gasteiger partial charge >= 0.3 is 6.09 Å². The first kappa shape index (κ1) is 20.8. The summed E-state index contributed by atoms with van der Waals surface area (Å²) in [7, 11) is 0. The van der Waals surface area contributed by atoms with Gasteiger partial charge in [-0.2, -0.15) is 11.8 Å². The van der Waals surface area contributed by atoms with E-state index in [-0.39, 0.29) is 0 Å². The predicted octanol–water partition coefficient (Wildman–Crippen LogP) is 3.39. The standard InChI is InChI=1S/C8H19O2PS3.CH3NO2/c1-4-9-11(12,10-5-2)14-8-7-13-6-3;2-1(3)4/h4-8H2,1-3H3;2H2,(H,3,4). The van der Waals surface area contributed by atoms with E-state index in [0.29, 0.717) is 13.2 Å². The van der Waals surface area contributed by atoms with E-state index in [9.17, 15) is 0 Å². The average Bonchev–Trinajstić information content (AvgIpc) is 2.24. The lowest BCUT2D eigenvalue weighted by molar-refractivity contribution is 0.205. The molecule has 0 aliphatic carbocycles. The Kier molecular flexibility index (Phi) is 16.2. The fraction of sp³-hybridized carbons (Fsp3) is 0.889. The number of carbonyl (C=O) groups is 1. The number of amides is 1. The van der Waals surface area contributed by atoms with Gasteiger partial charge in [0.05, 0.1) is 13.2 Å². The van der Waals surface area contributed by atoms with Crippen LogP contribution in [0, 0.1) is 0 Å². The topological polar surface area (TPSA) is 81.8 Å². The van der Waals surface area contributed by atoms with E-state index >= 15 is 0 Å². The maximum atomic E-state index is 8.78. The van der Waals surface area contributed by atoms with Crippen molar-refractivity contribution in [3.05, 3.63) is 0 Å². The number of primary amides is 1. The third-order valence-electron chi connectivity index (χ3n) is 1.26. The molecule has 0 radical (unpaired) electrons.